The van der Waals surface area contributed by atoms with Crippen molar-refractivity contribution in [2.75, 3.05) is 19.1 Å². The summed E-state index contributed by atoms with van der Waals surface area (Å²) in [5.41, 5.74) is 10.9. The molecule has 0 bridgehead atoms. The highest BCUT2D eigenvalue weighted by Crippen LogP contribution is 2.41. The lowest BCUT2D eigenvalue weighted by Crippen LogP contribution is -2.33. The minimum Gasteiger partial charge on any atom is -0.495 e. The molecule has 34 heavy (non-hydrogen) atoms. The van der Waals surface area contributed by atoms with Crippen molar-refractivity contribution in [3.8, 4) is 16.9 Å². The molecular formula is C29H31N3O2. The molecule has 1 saturated carbocycles. The number of hydrogen-bond donors (Lipinski definition) is 1. The number of nitrogens with zero attached hydrogens (tertiary/aromatic N) is 2. The number of nitrogens with two attached hydrogens (primary N) is 1. The fraction of sp³-hybridized carbons (Fsp3) is 0.276. The maximum absolute atomic E-state index is 6.41. The highest BCUT2D eigenvalue weighted by Gasteiger charge is 2.24. The molecule has 1 fully saturated rings. The molecular weight excluding hydrogens is 422 g/mol. The topological polar surface area (TPSA) is 64.0 Å². The summed E-state index contributed by atoms with van der Waals surface area (Å²) in [5, 5.41) is 1.96. The van der Waals surface area contributed by atoms with Gasteiger partial charge in [-0.15, -0.1) is 0 Å². The van der Waals surface area contributed by atoms with E-state index in [1.54, 1.807) is 20.4 Å². The molecule has 3 aromatic carbocycles. The van der Waals surface area contributed by atoms with E-state index in [1.165, 1.54) is 37.7 Å². The number of hydrogen-bond acceptors (Lipinski definition) is 3. The zero-order valence-electron chi connectivity index (χ0n) is 19.8. The van der Waals surface area contributed by atoms with Crippen LogP contribution in [0.3, 0.4) is 0 Å². The molecule has 1 aromatic heterocycles. The van der Waals surface area contributed by atoms with Crippen molar-refractivity contribution in [3.63, 3.8) is 0 Å². The van der Waals surface area contributed by atoms with Gasteiger partial charge in [0.15, 0.2) is 0 Å². The number of rotatable bonds is 5. The molecule has 0 radical (unpaired) electrons. The second-order valence-electron chi connectivity index (χ2n) is 8.89. The number of furan rings is 1. The Balaban J connectivity index is 1.56. The lowest BCUT2D eigenvalue weighted by molar-refractivity contribution is 0.415. The molecule has 174 valence electrons. The van der Waals surface area contributed by atoms with Crippen LogP contribution in [0.5, 0.6) is 5.75 Å². The Morgan fingerprint density at radius 1 is 0.971 bits per heavy atom. The van der Waals surface area contributed by atoms with Crippen LogP contribution in [0.2, 0.25) is 0 Å². The van der Waals surface area contributed by atoms with E-state index in [-0.39, 0.29) is 0 Å². The highest BCUT2D eigenvalue weighted by molar-refractivity contribution is 6.08. The van der Waals surface area contributed by atoms with Gasteiger partial charge in [-0.2, -0.15) is 0 Å². The summed E-state index contributed by atoms with van der Waals surface area (Å²) < 4.78 is 11.7. The third kappa shape index (κ3) is 4.14. The Labute approximate surface area is 200 Å². The number of benzene rings is 3. The summed E-state index contributed by atoms with van der Waals surface area (Å²) in [7, 11) is 3.34. The van der Waals surface area contributed by atoms with Gasteiger partial charge in [0.2, 0.25) is 11.8 Å². The average molecular weight is 454 g/mol. The second-order valence-corrected chi connectivity index (χ2v) is 8.89. The summed E-state index contributed by atoms with van der Waals surface area (Å²) >= 11 is 0. The van der Waals surface area contributed by atoms with Gasteiger partial charge in [0.1, 0.15) is 12.0 Å². The molecule has 5 nitrogen and oxygen atoms in total. The van der Waals surface area contributed by atoms with E-state index < -0.39 is 0 Å². The van der Waals surface area contributed by atoms with E-state index in [0.29, 0.717) is 23.5 Å². The zero-order chi connectivity index (χ0) is 23.5. The minimum atomic E-state index is 0.322. The SMILES string of the molecule is CN=C(N)N(c1cc(-c2ccc(C3CCCCC3)cc2)ccc1OC)c1occ2ccccc12. The Hall–Kier alpha value is -3.73. The van der Waals surface area contributed by atoms with Crippen LogP contribution in [0.25, 0.3) is 21.9 Å². The van der Waals surface area contributed by atoms with Gasteiger partial charge in [-0.3, -0.25) is 4.99 Å². The van der Waals surface area contributed by atoms with Gasteiger partial charge >= 0.3 is 0 Å². The molecule has 0 saturated heterocycles. The number of aliphatic imine (C=N–C) groups is 1. The lowest BCUT2D eigenvalue weighted by atomic mass is 9.84. The molecule has 1 heterocycles. The molecule has 0 unspecified atom stereocenters. The number of methoxy groups -OCH3 is 1. The smallest absolute Gasteiger partial charge is 0.214 e. The summed E-state index contributed by atoms with van der Waals surface area (Å²) in [4.78, 5) is 6.09. The van der Waals surface area contributed by atoms with Crippen LogP contribution in [-0.4, -0.2) is 20.1 Å². The van der Waals surface area contributed by atoms with Gasteiger partial charge in [0, 0.05) is 17.8 Å². The largest absolute Gasteiger partial charge is 0.495 e. The molecule has 2 N–H and O–H groups in total. The first-order valence-electron chi connectivity index (χ1n) is 12.0. The van der Waals surface area contributed by atoms with E-state index in [2.05, 4.69) is 41.4 Å². The molecule has 0 atom stereocenters. The van der Waals surface area contributed by atoms with E-state index >= 15 is 0 Å². The van der Waals surface area contributed by atoms with Crippen LogP contribution in [0.4, 0.5) is 11.6 Å². The molecule has 1 aliphatic rings. The van der Waals surface area contributed by atoms with Gasteiger partial charge in [-0.05, 0) is 53.6 Å². The van der Waals surface area contributed by atoms with Crippen molar-refractivity contribution in [2.24, 2.45) is 10.7 Å². The number of anilines is 2. The Morgan fingerprint density at radius 3 is 2.44 bits per heavy atom. The average Bonchev–Trinajstić information content (AvgIpc) is 3.33. The molecule has 5 heteroatoms. The van der Waals surface area contributed by atoms with Crippen molar-refractivity contribution in [1.29, 1.82) is 0 Å². The Kier molecular flexibility index (Phi) is 6.26. The second kappa shape index (κ2) is 9.64. The summed E-state index contributed by atoms with van der Waals surface area (Å²) in [5.74, 6) is 2.32. The van der Waals surface area contributed by atoms with E-state index in [0.717, 1.165) is 27.6 Å². The van der Waals surface area contributed by atoms with Gasteiger partial charge in [-0.1, -0.05) is 67.8 Å². The number of ether oxygens (including phenoxy) is 1. The van der Waals surface area contributed by atoms with E-state index in [1.807, 2.05) is 35.2 Å². The maximum atomic E-state index is 6.41. The van der Waals surface area contributed by atoms with Crippen LogP contribution in [0.1, 0.15) is 43.6 Å². The quantitative estimate of drug-likeness (QED) is 0.255. The standard InChI is InChI=1S/C29H31N3O2/c1-31-29(30)32(28-25-11-7-6-10-24(25)19-34-28)26-18-23(16-17-27(26)33-2)22-14-12-21(13-15-22)20-8-4-3-5-9-20/h6-7,10-20H,3-5,8-9H2,1-2H3,(H2,30,31). The van der Waals surface area contributed by atoms with Crippen LogP contribution in [0.15, 0.2) is 82.4 Å². The Bertz CT molecular complexity index is 1300. The first kappa shape index (κ1) is 22.1. The number of fused-ring (bicyclic) bond motifs is 1. The fourth-order valence-corrected chi connectivity index (χ4v) is 5.02. The van der Waals surface area contributed by atoms with E-state index in [9.17, 15) is 0 Å². The monoisotopic (exact) mass is 453 g/mol. The highest BCUT2D eigenvalue weighted by atomic mass is 16.5. The molecule has 5 rings (SSSR count). The summed E-state index contributed by atoms with van der Waals surface area (Å²) in [6, 6.07) is 23.2. The van der Waals surface area contributed by atoms with Crippen molar-refractivity contribution in [1.82, 2.24) is 0 Å². The van der Waals surface area contributed by atoms with Gasteiger partial charge < -0.3 is 14.9 Å². The molecule has 0 aliphatic heterocycles. The van der Waals surface area contributed by atoms with Crippen LogP contribution in [-0.2, 0) is 0 Å². The predicted molar refractivity (Wildman–Crippen MR) is 140 cm³/mol. The predicted octanol–water partition coefficient (Wildman–Crippen LogP) is 7.24. The van der Waals surface area contributed by atoms with Crippen molar-refractivity contribution in [2.45, 2.75) is 38.0 Å². The van der Waals surface area contributed by atoms with Crippen molar-refractivity contribution < 1.29 is 9.15 Å². The first-order chi connectivity index (χ1) is 16.7. The third-order valence-electron chi connectivity index (χ3n) is 6.89. The molecule has 0 spiro atoms. The van der Waals surface area contributed by atoms with Gasteiger partial charge in [-0.25, -0.2) is 4.90 Å². The molecule has 0 amide bonds. The molecule has 1 aliphatic carbocycles. The first-order valence-corrected chi connectivity index (χ1v) is 12.0. The minimum absolute atomic E-state index is 0.322. The zero-order valence-corrected chi connectivity index (χ0v) is 19.8. The normalized spacial score (nSPS) is 14.9. The summed E-state index contributed by atoms with van der Waals surface area (Å²) in [6.45, 7) is 0. The maximum Gasteiger partial charge on any atom is 0.214 e. The van der Waals surface area contributed by atoms with E-state index in [4.69, 9.17) is 14.9 Å². The Morgan fingerprint density at radius 2 is 1.71 bits per heavy atom. The van der Waals surface area contributed by atoms with Crippen molar-refractivity contribution in [3.05, 3.63) is 78.6 Å². The van der Waals surface area contributed by atoms with Crippen LogP contribution in [0, 0.1) is 0 Å². The fourth-order valence-electron chi connectivity index (χ4n) is 5.02. The van der Waals surface area contributed by atoms with Gasteiger partial charge in [0.05, 0.1) is 12.8 Å². The molecule has 4 aromatic rings. The van der Waals surface area contributed by atoms with Crippen LogP contribution >= 0.6 is 0 Å². The number of guanidine groups is 1. The lowest BCUT2D eigenvalue weighted by Gasteiger charge is -2.24. The third-order valence-corrected chi connectivity index (χ3v) is 6.89. The van der Waals surface area contributed by atoms with Crippen molar-refractivity contribution >= 4 is 28.3 Å². The van der Waals surface area contributed by atoms with Gasteiger partial charge in [0.25, 0.3) is 0 Å². The van der Waals surface area contributed by atoms with Crippen LogP contribution < -0.4 is 15.4 Å². The summed E-state index contributed by atoms with van der Waals surface area (Å²) in [6.07, 6.45) is 8.38.